The van der Waals surface area contributed by atoms with Crippen molar-refractivity contribution < 1.29 is 32.8 Å². The lowest BCUT2D eigenvalue weighted by molar-refractivity contribution is -0.136. The zero-order valence-corrected chi connectivity index (χ0v) is 37.7. The zero-order valence-electron chi connectivity index (χ0n) is 36.1. The van der Waals surface area contributed by atoms with Crippen LogP contribution in [0.5, 0.6) is 11.5 Å². The number of amides is 3. The van der Waals surface area contributed by atoms with Crippen LogP contribution in [-0.2, 0) is 27.1 Å². The van der Waals surface area contributed by atoms with Gasteiger partial charge in [-0.1, -0.05) is 24.6 Å². The van der Waals surface area contributed by atoms with Crippen LogP contribution in [0.15, 0.2) is 54.7 Å². The van der Waals surface area contributed by atoms with Crippen LogP contribution in [0.25, 0.3) is 0 Å². The Kier molecular flexibility index (Phi) is 13.2. The molecule has 8 rings (SSSR count). The number of piperidine rings is 2. The molecule has 1 aromatic heterocycles. The number of piperazine rings is 1. The summed E-state index contributed by atoms with van der Waals surface area (Å²) in [5, 5.41) is 9.40. The molecule has 4 aromatic rings. The maximum Gasteiger partial charge on any atom is 0.255 e. The van der Waals surface area contributed by atoms with Crippen LogP contribution in [0.3, 0.4) is 0 Å². The first-order chi connectivity index (χ1) is 30.3. The van der Waals surface area contributed by atoms with Crippen LogP contribution in [0.1, 0.15) is 54.1 Å². The number of rotatable bonds is 14. The topological polar surface area (TPSA) is 162 Å². The average molecular weight is 902 g/mol. The first-order valence-corrected chi connectivity index (χ1v) is 24.5. The second-order valence-corrected chi connectivity index (χ2v) is 20.4. The smallest absolute Gasteiger partial charge is 0.255 e. The van der Waals surface area contributed by atoms with Crippen molar-refractivity contribution in [3.05, 3.63) is 82.3 Å². The monoisotopic (exact) mass is 901 g/mol. The predicted octanol–water partition coefficient (Wildman–Crippen LogP) is 6.00. The Morgan fingerprint density at radius 2 is 1.73 bits per heavy atom. The molecule has 18 heteroatoms. The molecule has 0 spiro atoms. The summed E-state index contributed by atoms with van der Waals surface area (Å²) in [5.74, 6) is 0.476. The second-order valence-electron chi connectivity index (χ2n) is 16.8. The Balaban J connectivity index is 0.831. The van der Waals surface area contributed by atoms with Crippen LogP contribution in [-0.4, -0.2) is 127 Å². The summed E-state index contributed by atoms with van der Waals surface area (Å²) < 4.78 is 39.2. The maximum atomic E-state index is 14.1. The van der Waals surface area contributed by atoms with Gasteiger partial charge in [0.2, 0.25) is 17.8 Å². The third kappa shape index (κ3) is 9.79. The zero-order chi connectivity index (χ0) is 44.4. The fourth-order valence-corrected chi connectivity index (χ4v) is 10.4. The molecule has 0 saturated carbocycles. The third-order valence-electron chi connectivity index (χ3n) is 12.5. The maximum absolute atomic E-state index is 14.1. The minimum absolute atomic E-state index is 0.203. The summed E-state index contributed by atoms with van der Waals surface area (Å²) in [7, 11) is -1.18. The number of nitrogens with zero attached hydrogens (tertiary/aromatic N) is 6. The van der Waals surface area contributed by atoms with E-state index in [2.05, 4.69) is 59.7 Å². The molecule has 5 heterocycles. The first kappa shape index (κ1) is 44.3. The highest BCUT2D eigenvalue weighted by Gasteiger charge is 2.40. The minimum Gasteiger partial charge on any atom is -0.494 e. The van der Waals surface area contributed by atoms with Crippen molar-refractivity contribution in [3.63, 3.8) is 0 Å². The fraction of sp³-hybridized carbons (Fsp3) is 0.444. The van der Waals surface area contributed by atoms with E-state index in [-0.39, 0.29) is 41.6 Å². The Labute approximate surface area is 372 Å². The van der Waals surface area contributed by atoms with Crippen molar-refractivity contribution >= 4 is 70.6 Å². The van der Waals surface area contributed by atoms with E-state index < -0.39 is 24.9 Å². The number of fused-ring (bicyclic) bond motifs is 1. The van der Waals surface area contributed by atoms with Gasteiger partial charge >= 0.3 is 0 Å². The van der Waals surface area contributed by atoms with Crippen LogP contribution >= 0.6 is 18.7 Å². The summed E-state index contributed by atoms with van der Waals surface area (Å²) in [4.78, 5) is 55.5. The van der Waals surface area contributed by atoms with E-state index in [1.54, 1.807) is 31.4 Å². The number of carbonyl (C=O) groups is 3. The molecule has 3 amide bonds. The molecule has 63 heavy (non-hydrogen) atoms. The number of imide groups is 1. The van der Waals surface area contributed by atoms with Gasteiger partial charge in [-0.15, -0.1) is 0 Å². The van der Waals surface area contributed by atoms with Gasteiger partial charge in [-0.2, -0.15) is 4.98 Å². The number of hydrogen-bond acceptors (Lipinski definition) is 13. The molecule has 3 N–H and O–H groups in total. The molecule has 0 radical (unpaired) electrons. The summed E-state index contributed by atoms with van der Waals surface area (Å²) in [5.41, 5.74) is 4.82. The summed E-state index contributed by atoms with van der Waals surface area (Å²) in [6.07, 6.45) is 4.93. The lowest BCUT2D eigenvalue weighted by Crippen LogP contribution is -2.53. The molecule has 4 aliphatic heterocycles. The molecule has 3 fully saturated rings. The normalized spacial score (nSPS) is 19.0. The summed E-state index contributed by atoms with van der Waals surface area (Å²) in [6.45, 7) is 12.6. The predicted molar refractivity (Wildman–Crippen MR) is 243 cm³/mol. The lowest BCUT2D eigenvalue weighted by Gasteiger charge is -2.43. The lowest BCUT2D eigenvalue weighted by atomic mass is 9.99. The van der Waals surface area contributed by atoms with Crippen molar-refractivity contribution in [1.29, 1.82) is 0 Å². The van der Waals surface area contributed by atoms with Crippen molar-refractivity contribution in [2.75, 3.05) is 88.4 Å². The third-order valence-corrected chi connectivity index (χ3v) is 14.3. The van der Waals surface area contributed by atoms with E-state index in [0.717, 1.165) is 81.9 Å². The highest BCUT2D eigenvalue weighted by atomic mass is 35.5. The molecule has 3 aromatic carbocycles. The fourth-order valence-electron chi connectivity index (χ4n) is 9.08. The number of hydrogen-bond donors (Lipinski definition) is 3. The highest BCUT2D eigenvalue weighted by Crippen LogP contribution is 2.40. The number of halogens is 2. The molecular weight excluding hydrogens is 848 g/mol. The molecule has 15 nitrogen and oxygen atoms in total. The average Bonchev–Trinajstić information content (AvgIpc) is 3.61. The molecule has 4 aliphatic rings. The SMILES string of the molecule is CCc1cc(Nc2ncc(Cl)c(Nc3ccc(F)cc3P(C)(C)=O)n2)c(OC)cc1N1CCC(N2CCN(CCOc3cccc4c3CN(C3CCC(=O)NC3=O)C4=O)CC2)CC1. The van der Waals surface area contributed by atoms with Gasteiger partial charge in [0.15, 0.2) is 5.82 Å². The van der Waals surface area contributed by atoms with Gasteiger partial charge in [-0.25, -0.2) is 9.37 Å². The molecule has 3 saturated heterocycles. The van der Waals surface area contributed by atoms with Crippen LogP contribution in [0.2, 0.25) is 5.02 Å². The van der Waals surface area contributed by atoms with Gasteiger partial charge < -0.3 is 34.5 Å². The number of anilines is 5. The standard InChI is InChI=1S/C45H54ClFN9O6P/c1-5-28-23-35(50-45-48-26-33(46)42(52-45)49-34-10-9-29(47)24-40(34)63(3,4)60)39(61-2)25-37(28)55-15-13-30(14-16-55)54-19-17-53(18-20-54)21-22-62-38-8-6-7-31-32(38)27-56(44(31)59)36-11-12-41(57)51-43(36)58/h6-10,23-26,30,36H,5,11-22,27H2,1-4H3,(H,51,57,58)(H2,48,49,50,52). The van der Waals surface area contributed by atoms with E-state index in [1.807, 2.05) is 12.1 Å². The number of ether oxygens (including phenoxy) is 2. The number of aryl methyl sites for hydroxylation is 1. The van der Waals surface area contributed by atoms with Crippen molar-refractivity contribution in [3.8, 4) is 11.5 Å². The van der Waals surface area contributed by atoms with Gasteiger partial charge in [-0.05, 0) is 81.0 Å². The molecular formula is C45H54ClFN9O6P. The molecule has 1 unspecified atom stereocenters. The number of benzene rings is 3. The summed E-state index contributed by atoms with van der Waals surface area (Å²) in [6, 6.07) is 13.6. The number of methoxy groups -OCH3 is 1. The van der Waals surface area contributed by atoms with Gasteiger partial charge in [0.05, 0.1) is 31.2 Å². The Hall–Kier alpha value is -5.28. The van der Waals surface area contributed by atoms with Crippen LogP contribution < -0.4 is 35.6 Å². The van der Waals surface area contributed by atoms with E-state index in [4.69, 9.17) is 21.1 Å². The van der Waals surface area contributed by atoms with E-state index in [1.165, 1.54) is 24.4 Å². The van der Waals surface area contributed by atoms with Crippen molar-refractivity contribution in [2.24, 2.45) is 0 Å². The molecule has 0 bridgehead atoms. The Morgan fingerprint density at radius 1 is 0.952 bits per heavy atom. The van der Waals surface area contributed by atoms with E-state index in [0.29, 0.717) is 52.8 Å². The van der Waals surface area contributed by atoms with Crippen LogP contribution in [0, 0.1) is 5.82 Å². The Bertz CT molecular complexity index is 2440. The highest BCUT2D eigenvalue weighted by molar-refractivity contribution is 7.70. The largest absolute Gasteiger partial charge is 0.494 e. The van der Waals surface area contributed by atoms with Crippen molar-refractivity contribution in [2.45, 2.75) is 57.7 Å². The molecule has 1 atom stereocenters. The van der Waals surface area contributed by atoms with Crippen LogP contribution in [0.4, 0.5) is 33.2 Å². The number of aromatic nitrogens is 2. The molecule has 334 valence electrons. The second kappa shape index (κ2) is 18.8. The Morgan fingerprint density at radius 3 is 2.44 bits per heavy atom. The van der Waals surface area contributed by atoms with Gasteiger partial charge in [-0.3, -0.25) is 29.5 Å². The number of nitrogens with one attached hydrogen (secondary N) is 3. The quantitative estimate of drug-likeness (QED) is 0.1000. The summed E-state index contributed by atoms with van der Waals surface area (Å²) >= 11 is 6.49. The van der Waals surface area contributed by atoms with Gasteiger partial charge in [0.25, 0.3) is 5.91 Å². The minimum atomic E-state index is -2.83. The van der Waals surface area contributed by atoms with Gasteiger partial charge in [0.1, 0.15) is 42.1 Å². The van der Waals surface area contributed by atoms with Crippen molar-refractivity contribution in [1.82, 2.24) is 30.0 Å². The molecule has 0 aliphatic carbocycles. The number of carbonyl (C=O) groups excluding carboxylic acids is 3. The van der Waals surface area contributed by atoms with E-state index in [9.17, 15) is 23.3 Å². The van der Waals surface area contributed by atoms with Gasteiger partial charge in [0, 0.05) is 86.5 Å². The first-order valence-electron chi connectivity index (χ1n) is 21.5. The van der Waals surface area contributed by atoms with E-state index >= 15 is 0 Å².